The molecule has 7 nitrogen and oxygen atoms in total. The minimum atomic E-state index is -0.741. The highest BCUT2D eigenvalue weighted by Crippen LogP contribution is 2.39. The first kappa shape index (κ1) is 19.0. The molecule has 2 saturated carbocycles. The van der Waals surface area contributed by atoms with E-state index in [1.165, 1.54) is 4.90 Å². The van der Waals surface area contributed by atoms with E-state index in [0.29, 0.717) is 19.4 Å². The van der Waals surface area contributed by atoms with Crippen LogP contribution in [0.3, 0.4) is 0 Å². The lowest BCUT2D eigenvalue weighted by Gasteiger charge is -2.35. The van der Waals surface area contributed by atoms with Crippen molar-refractivity contribution >= 4 is 17.8 Å². The molecule has 28 heavy (non-hydrogen) atoms. The van der Waals surface area contributed by atoms with Crippen LogP contribution in [0.4, 0.5) is 4.79 Å². The zero-order chi connectivity index (χ0) is 19.7. The third-order valence-corrected chi connectivity index (χ3v) is 6.77. The van der Waals surface area contributed by atoms with Gasteiger partial charge >= 0.3 is 6.03 Å². The summed E-state index contributed by atoms with van der Waals surface area (Å²) in [5.41, 5.74) is -0.741. The number of hydrogen-bond donors (Lipinski definition) is 0. The van der Waals surface area contributed by atoms with Gasteiger partial charge in [0.1, 0.15) is 17.8 Å². The van der Waals surface area contributed by atoms with Crippen LogP contribution in [0.2, 0.25) is 0 Å². The van der Waals surface area contributed by atoms with Gasteiger partial charge in [-0.25, -0.2) is 4.79 Å². The first-order valence-electron chi connectivity index (χ1n) is 10.4. The van der Waals surface area contributed by atoms with Crippen LogP contribution in [0.15, 0.2) is 22.8 Å². The number of carbonyl (C=O) groups is 3. The van der Waals surface area contributed by atoms with Crippen LogP contribution in [0.5, 0.6) is 0 Å². The van der Waals surface area contributed by atoms with E-state index in [-0.39, 0.29) is 30.4 Å². The number of imide groups is 1. The molecule has 1 aromatic heterocycles. The van der Waals surface area contributed by atoms with Crippen molar-refractivity contribution in [2.45, 2.75) is 75.9 Å². The molecule has 0 atom stereocenters. The first-order chi connectivity index (χ1) is 13.5. The average Bonchev–Trinajstić information content (AvgIpc) is 3.45. The highest BCUT2D eigenvalue weighted by atomic mass is 16.3. The van der Waals surface area contributed by atoms with Gasteiger partial charge in [-0.1, -0.05) is 32.1 Å². The normalized spacial score (nSPS) is 22.5. The molecule has 0 aromatic carbocycles. The van der Waals surface area contributed by atoms with Crippen molar-refractivity contribution in [3.05, 3.63) is 24.2 Å². The highest BCUT2D eigenvalue weighted by Gasteiger charge is 2.56. The maximum atomic E-state index is 13.2. The third kappa shape index (κ3) is 3.20. The Kier molecular flexibility index (Phi) is 5.17. The van der Waals surface area contributed by atoms with Crippen molar-refractivity contribution in [3.63, 3.8) is 0 Å². The summed E-state index contributed by atoms with van der Waals surface area (Å²) in [6.07, 6.45) is 10.1. The molecule has 4 amide bonds. The summed E-state index contributed by atoms with van der Waals surface area (Å²) in [4.78, 5) is 43.8. The third-order valence-electron chi connectivity index (χ3n) is 6.77. The zero-order valence-electron chi connectivity index (χ0n) is 16.6. The molecule has 0 bridgehead atoms. The Morgan fingerprint density at radius 3 is 2.54 bits per heavy atom. The summed E-state index contributed by atoms with van der Waals surface area (Å²) in [7, 11) is 1.70. The number of carbonyl (C=O) groups excluding carboxylic acids is 3. The fraction of sp³-hybridized carbons (Fsp3) is 0.667. The standard InChI is InChI=1S/C21H29N3O4/c1-22-20(27)24(19(26)21(22)11-5-2-6-12-21)15-18(25)23(16-8-3-4-9-16)14-17-10-7-13-28-17/h7,10,13,16H,2-6,8-9,11-12,14-15H2,1H3. The second-order valence-electron chi connectivity index (χ2n) is 8.36. The summed E-state index contributed by atoms with van der Waals surface area (Å²) in [6, 6.07) is 3.46. The van der Waals surface area contributed by atoms with Crippen LogP contribution >= 0.6 is 0 Å². The van der Waals surface area contributed by atoms with Gasteiger partial charge in [0.15, 0.2) is 0 Å². The Morgan fingerprint density at radius 2 is 1.89 bits per heavy atom. The summed E-state index contributed by atoms with van der Waals surface area (Å²) in [6.45, 7) is 0.203. The molecule has 3 fully saturated rings. The van der Waals surface area contributed by atoms with Crippen molar-refractivity contribution in [3.8, 4) is 0 Å². The first-order valence-corrected chi connectivity index (χ1v) is 10.4. The molecule has 2 heterocycles. The predicted octanol–water partition coefficient (Wildman–Crippen LogP) is 3.15. The monoisotopic (exact) mass is 387 g/mol. The number of furan rings is 1. The van der Waals surface area contributed by atoms with Crippen molar-refractivity contribution in [1.29, 1.82) is 0 Å². The van der Waals surface area contributed by atoms with E-state index in [0.717, 1.165) is 50.7 Å². The van der Waals surface area contributed by atoms with E-state index in [4.69, 9.17) is 4.42 Å². The molecule has 1 saturated heterocycles. The predicted molar refractivity (Wildman–Crippen MR) is 102 cm³/mol. The molecule has 0 unspecified atom stereocenters. The van der Waals surface area contributed by atoms with Gasteiger partial charge in [0.05, 0.1) is 12.8 Å². The lowest BCUT2D eigenvalue weighted by atomic mass is 9.81. The highest BCUT2D eigenvalue weighted by molar-refractivity contribution is 6.09. The summed E-state index contributed by atoms with van der Waals surface area (Å²) in [5.74, 6) is 0.351. The molecule has 1 aliphatic heterocycles. The van der Waals surface area contributed by atoms with Crippen molar-refractivity contribution < 1.29 is 18.8 Å². The number of amides is 4. The van der Waals surface area contributed by atoms with Gasteiger partial charge in [-0.3, -0.25) is 14.5 Å². The minimum absolute atomic E-state index is 0.145. The fourth-order valence-electron chi connectivity index (χ4n) is 5.10. The smallest absolute Gasteiger partial charge is 0.327 e. The van der Waals surface area contributed by atoms with Crippen LogP contribution in [0.25, 0.3) is 0 Å². The van der Waals surface area contributed by atoms with Crippen molar-refractivity contribution in [1.82, 2.24) is 14.7 Å². The summed E-state index contributed by atoms with van der Waals surface area (Å²) >= 11 is 0. The topological polar surface area (TPSA) is 74.1 Å². The largest absolute Gasteiger partial charge is 0.467 e. The van der Waals surface area contributed by atoms with Gasteiger partial charge in [0.25, 0.3) is 5.91 Å². The number of hydrogen-bond acceptors (Lipinski definition) is 4. The van der Waals surface area contributed by atoms with Crippen LogP contribution in [0, 0.1) is 0 Å². The molecule has 0 N–H and O–H groups in total. The lowest BCUT2D eigenvalue weighted by molar-refractivity contribution is -0.142. The second-order valence-corrected chi connectivity index (χ2v) is 8.36. The summed E-state index contributed by atoms with van der Waals surface area (Å²) in [5, 5.41) is 0. The summed E-state index contributed by atoms with van der Waals surface area (Å²) < 4.78 is 5.44. The van der Waals surface area contributed by atoms with Gasteiger partial charge in [-0.2, -0.15) is 0 Å². The Hall–Kier alpha value is -2.31. The van der Waals surface area contributed by atoms with Crippen LogP contribution in [0.1, 0.15) is 63.5 Å². The molecule has 152 valence electrons. The van der Waals surface area contributed by atoms with Gasteiger partial charge in [-0.15, -0.1) is 0 Å². The van der Waals surface area contributed by atoms with Crippen LogP contribution in [-0.2, 0) is 16.1 Å². The Bertz CT molecular complexity index is 733. The molecule has 2 aliphatic carbocycles. The maximum absolute atomic E-state index is 13.2. The van der Waals surface area contributed by atoms with Crippen molar-refractivity contribution in [2.75, 3.05) is 13.6 Å². The van der Waals surface area contributed by atoms with Gasteiger partial charge < -0.3 is 14.2 Å². The zero-order valence-corrected chi connectivity index (χ0v) is 16.6. The molecule has 1 aromatic rings. The fourth-order valence-corrected chi connectivity index (χ4v) is 5.10. The molecular weight excluding hydrogens is 358 g/mol. The maximum Gasteiger partial charge on any atom is 0.327 e. The Balaban J connectivity index is 1.51. The minimum Gasteiger partial charge on any atom is -0.467 e. The Labute approximate surface area is 165 Å². The molecule has 1 spiro atoms. The average molecular weight is 387 g/mol. The van der Waals surface area contributed by atoms with E-state index in [2.05, 4.69) is 0 Å². The van der Waals surface area contributed by atoms with E-state index in [9.17, 15) is 14.4 Å². The van der Waals surface area contributed by atoms with Crippen LogP contribution in [-0.4, -0.2) is 57.7 Å². The number of rotatable bonds is 5. The van der Waals surface area contributed by atoms with Crippen LogP contribution < -0.4 is 0 Å². The number of urea groups is 1. The van der Waals surface area contributed by atoms with Gasteiger partial charge in [0, 0.05) is 13.1 Å². The van der Waals surface area contributed by atoms with E-state index in [1.807, 2.05) is 12.1 Å². The Morgan fingerprint density at radius 1 is 1.18 bits per heavy atom. The molecule has 3 aliphatic rings. The van der Waals surface area contributed by atoms with Crippen molar-refractivity contribution in [2.24, 2.45) is 0 Å². The lowest BCUT2D eigenvalue weighted by Crippen LogP contribution is -2.50. The molecule has 4 rings (SSSR count). The quantitative estimate of drug-likeness (QED) is 0.728. The molecule has 0 radical (unpaired) electrons. The van der Waals surface area contributed by atoms with E-state index < -0.39 is 5.54 Å². The molecule has 7 heteroatoms. The van der Waals surface area contributed by atoms with Gasteiger partial charge in [-0.05, 0) is 37.8 Å². The van der Waals surface area contributed by atoms with Gasteiger partial charge in [0.2, 0.25) is 5.91 Å². The van der Waals surface area contributed by atoms with E-state index >= 15 is 0 Å². The second kappa shape index (κ2) is 7.60. The SMILES string of the molecule is CN1C(=O)N(CC(=O)N(Cc2ccco2)C2CCCC2)C(=O)C12CCCCC2. The number of likely N-dealkylation sites (N-methyl/N-ethyl adjacent to an activating group) is 1. The van der Waals surface area contributed by atoms with E-state index in [1.54, 1.807) is 23.1 Å². The molecular formula is C21H29N3O4. The number of nitrogens with zero attached hydrogens (tertiary/aromatic N) is 3.